The molecule has 0 atom stereocenters. The second-order valence-corrected chi connectivity index (χ2v) is 7.24. The van der Waals surface area contributed by atoms with Crippen molar-refractivity contribution in [3.63, 3.8) is 0 Å². The van der Waals surface area contributed by atoms with Gasteiger partial charge in [-0.1, -0.05) is 42.7 Å². The molecule has 0 radical (unpaired) electrons. The van der Waals surface area contributed by atoms with Crippen molar-refractivity contribution in [3.8, 4) is 22.9 Å². The Kier molecular flexibility index (Phi) is 6.39. The molecule has 3 rings (SSSR count). The third-order valence-electron chi connectivity index (χ3n) is 4.00. The maximum absolute atomic E-state index is 12.9. The second-order valence-electron chi connectivity index (χ2n) is 6.83. The summed E-state index contributed by atoms with van der Waals surface area (Å²) in [4.78, 5) is 17.1. The number of hydrogen-bond donors (Lipinski definition) is 1. The SMILES string of the molecule is COc1cc(C(=O)Nc2ccccc2-c2noc(C)n2)cc(Cl)c1OCC(C)C. The molecule has 29 heavy (non-hydrogen) atoms. The van der Waals surface area contributed by atoms with E-state index in [1.165, 1.54) is 7.11 Å². The minimum absolute atomic E-state index is 0.303. The predicted octanol–water partition coefficient (Wildman–Crippen LogP) is 4.99. The maximum Gasteiger partial charge on any atom is 0.255 e. The van der Waals surface area contributed by atoms with Gasteiger partial charge in [0.05, 0.1) is 24.4 Å². The first kappa shape index (κ1) is 20.7. The maximum atomic E-state index is 12.9. The molecule has 2 aromatic carbocycles. The average molecular weight is 416 g/mol. The van der Waals surface area contributed by atoms with Crippen molar-refractivity contribution in [2.75, 3.05) is 19.0 Å². The van der Waals surface area contributed by atoms with Crippen LogP contribution in [0.3, 0.4) is 0 Å². The molecule has 8 heteroatoms. The number of aromatic nitrogens is 2. The average Bonchev–Trinajstić information content (AvgIpc) is 3.12. The molecule has 0 aliphatic carbocycles. The van der Waals surface area contributed by atoms with Gasteiger partial charge in [0.1, 0.15) is 0 Å². The zero-order valence-electron chi connectivity index (χ0n) is 16.7. The van der Waals surface area contributed by atoms with E-state index in [0.29, 0.717) is 57.6 Å². The number of amides is 1. The summed E-state index contributed by atoms with van der Waals surface area (Å²) < 4.78 is 16.2. The number of anilines is 1. The number of carbonyl (C=O) groups is 1. The Morgan fingerprint density at radius 2 is 2.03 bits per heavy atom. The lowest BCUT2D eigenvalue weighted by Gasteiger charge is -2.15. The van der Waals surface area contributed by atoms with Crippen molar-refractivity contribution in [3.05, 3.63) is 52.9 Å². The molecule has 1 amide bonds. The van der Waals surface area contributed by atoms with Crippen molar-refractivity contribution < 1.29 is 18.8 Å². The number of hydrogen-bond acceptors (Lipinski definition) is 6. The van der Waals surface area contributed by atoms with Crippen LogP contribution in [0.2, 0.25) is 5.02 Å². The van der Waals surface area contributed by atoms with Gasteiger partial charge in [-0.15, -0.1) is 0 Å². The van der Waals surface area contributed by atoms with Gasteiger partial charge in [0, 0.05) is 18.1 Å². The highest BCUT2D eigenvalue weighted by Crippen LogP contribution is 2.37. The van der Waals surface area contributed by atoms with Crippen molar-refractivity contribution in [1.29, 1.82) is 0 Å². The molecule has 0 aliphatic heterocycles. The van der Waals surface area contributed by atoms with Gasteiger partial charge in [-0.05, 0) is 30.2 Å². The number of aryl methyl sites for hydroxylation is 1. The molecule has 0 saturated carbocycles. The summed E-state index contributed by atoms with van der Waals surface area (Å²) in [5.74, 6) is 1.62. The van der Waals surface area contributed by atoms with Crippen LogP contribution in [0.1, 0.15) is 30.1 Å². The summed E-state index contributed by atoms with van der Waals surface area (Å²) in [6.45, 7) is 6.25. The highest BCUT2D eigenvalue weighted by Gasteiger charge is 2.18. The molecule has 1 heterocycles. The lowest BCUT2D eigenvalue weighted by Crippen LogP contribution is -2.13. The zero-order valence-corrected chi connectivity index (χ0v) is 17.4. The molecule has 0 saturated heterocycles. The number of carbonyl (C=O) groups excluding carboxylic acids is 1. The van der Waals surface area contributed by atoms with E-state index in [1.54, 1.807) is 31.2 Å². The summed E-state index contributed by atoms with van der Waals surface area (Å²) in [6.07, 6.45) is 0. The lowest BCUT2D eigenvalue weighted by molar-refractivity contribution is 0.102. The molecule has 0 unspecified atom stereocenters. The van der Waals surface area contributed by atoms with Crippen LogP contribution in [-0.4, -0.2) is 29.8 Å². The van der Waals surface area contributed by atoms with Gasteiger partial charge >= 0.3 is 0 Å². The van der Waals surface area contributed by atoms with Crippen LogP contribution >= 0.6 is 11.6 Å². The Morgan fingerprint density at radius 3 is 2.69 bits per heavy atom. The Morgan fingerprint density at radius 1 is 1.28 bits per heavy atom. The van der Waals surface area contributed by atoms with E-state index in [2.05, 4.69) is 15.5 Å². The second kappa shape index (κ2) is 8.96. The molecule has 1 aromatic heterocycles. The number of benzene rings is 2. The van der Waals surface area contributed by atoms with Crippen LogP contribution in [0, 0.1) is 12.8 Å². The standard InChI is InChI=1S/C21H22ClN3O4/c1-12(2)11-28-19-16(22)9-14(10-18(19)27-4)21(26)24-17-8-6-5-7-15(17)20-23-13(3)29-25-20/h5-10,12H,11H2,1-4H3,(H,24,26). The van der Waals surface area contributed by atoms with E-state index >= 15 is 0 Å². The van der Waals surface area contributed by atoms with Crippen LogP contribution in [0.5, 0.6) is 11.5 Å². The van der Waals surface area contributed by atoms with E-state index < -0.39 is 0 Å². The Bertz CT molecular complexity index is 1020. The van der Waals surface area contributed by atoms with Crippen molar-refractivity contribution >= 4 is 23.2 Å². The quantitative estimate of drug-likeness (QED) is 0.584. The number of methoxy groups -OCH3 is 1. The molecule has 3 aromatic rings. The van der Waals surface area contributed by atoms with Gasteiger partial charge in [-0.25, -0.2) is 0 Å². The fourth-order valence-electron chi connectivity index (χ4n) is 2.63. The van der Waals surface area contributed by atoms with Crippen LogP contribution in [0.4, 0.5) is 5.69 Å². The predicted molar refractivity (Wildman–Crippen MR) is 111 cm³/mol. The fraction of sp³-hybridized carbons (Fsp3) is 0.286. The topological polar surface area (TPSA) is 86.5 Å². The molecule has 0 bridgehead atoms. The van der Waals surface area contributed by atoms with E-state index in [0.717, 1.165) is 0 Å². The first-order chi connectivity index (χ1) is 13.9. The molecular weight excluding hydrogens is 394 g/mol. The van der Waals surface area contributed by atoms with Crippen molar-refractivity contribution in [1.82, 2.24) is 10.1 Å². The molecule has 7 nitrogen and oxygen atoms in total. The molecule has 152 valence electrons. The minimum Gasteiger partial charge on any atom is -0.493 e. The van der Waals surface area contributed by atoms with Crippen LogP contribution in [-0.2, 0) is 0 Å². The lowest BCUT2D eigenvalue weighted by atomic mass is 10.1. The van der Waals surface area contributed by atoms with Crippen LogP contribution < -0.4 is 14.8 Å². The highest BCUT2D eigenvalue weighted by atomic mass is 35.5. The van der Waals surface area contributed by atoms with Gasteiger partial charge in [-0.3, -0.25) is 4.79 Å². The van der Waals surface area contributed by atoms with Gasteiger partial charge in [0.15, 0.2) is 11.5 Å². The molecule has 0 fully saturated rings. The van der Waals surface area contributed by atoms with E-state index in [4.69, 9.17) is 25.6 Å². The number of rotatable bonds is 7. The molecule has 0 spiro atoms. The Balaban J connectivity index is 1.88. The summed E-state index contributed by atoms with van der Waals surface area (Å²) in [5.41, 5.74) is 1.53. The summed E-state index contributed by atoms with van der Waals surface area (Å²) in [5, 5.41) is 7.09. The van der Waals surface area contributed by atoms with E-state index in [1.807, 2.05) is 26.0 Å². The summed E-state index contributed by atoms with van der Waals surface area (Å²) in [7, 11) is 1.50. The van der Waals surface area contributed by atoms with E-state index in [9.17, 15) is 4.79 Å². The normalized spacial score (nSPS) is 10.8. The minimum atomic E-state index is -0.353. The number of nitrogens with one attached hydrogen (secondary N) is 1. The first-order valence-corrected chi connectivity index (χ1v) is 9.48. The monoisotopic (exact) mass is 415 g/mol. The fourth-order valence-corrected chi connectivity index (χ4v) is 2.90. The number of para-hydroxylation sites is 1. The third kappa shape index (κ3) is 4.86. The number of halogens is 1. The molecule has 1 N–H and O–H groups in total. The third-order valence-corrected chi connectivity index (χ3v) is 4.28. The van der Waals surface area contributed by atoms with Crippen molar-refractivity contribution in [2.45, 2.75) is 20.8 Å². The van der Waals surface area contributed by atoms with Gasteiger partial charge in [0.25, 0.3) is 5.91 Å². The van der Waals surface area contributed by atoms with E-state index in [-0.39, 0.29) is 5.91 Å². The first-order valence-electron chi connectivity index (χ1n) is 9.10. The van der Waals surface area contributed by atoms with Gasteiger partial charge in [-0.2, -0.15) is 4.98 Å². The largest absolute Gasteiger partial charge is 0.493 e. The van der Waals surface area contributed by atoms with Crippen LogP contribution in [0.15, 0.2) is 40.9 Å². The van der Waals surface area contributed by atoms with Crippen LogP contribution in [0.25, 0.3) is 11.4 Å². The molecular formula is C21H22ClN3O4. The summed E-state index contributed by atoms with van der Waals surface area (Å²) in [6, 6.07) is 10.3. The summed E-state index contributed by atoms with van der Waals surface area (Å²) >= 11 is 6.36. The van der Waals surface area contributed by atoms with Gasteiger partial charge < -0.3 is 19.3 Å². The molecule has 0 aliphatic rings. The Labute approximate surface area is 174 Å². The number of nitrogens with zero attached hydrogens (tertiary/aromatic N) is 2. The number of ether oxygens (including phenoxy) is 2. The Hall–Kier alpha value is -3.06. The van der Waals surface area contributed by atoms with Gasteiger partial charge in [0.2, 0.25) is 11.7 Å². The zero-order chi connectivity index (χ0) is 21.0. The highest BCUT2D eigenvalue weighted by molar-refractivity contribution is 6.32. The smallest absolute Gasteiger partial charge is 0.255 e. The van der Waals surface area contributed by atoms with Crippen molar-refractivity contribution in [2.24, 2.45) is 5.92 Å².